The fourth-order valence-electron chi connectivity index (χ4n) is 2.64. The van der Waals surface area contributed by atoms with Gasteiger partial charge >= 0.3 is 5.97 Å². The molecule has 0 bridgehead atoms. The zero-order valence-corrected chi connectivity index (χ0v) is 14.4. The number of carbonyl (C=O) groups excluding carboxylic acids is 1. The van der Waals surface area contributed by atoms with Gasteiger partial charge in [0.2, 0.25) is 5.91 Å². The van der Waals surface area contributed by atoms with Crippen LogP contribution in [-0.2, 0) is 21.5 Å². The van der Waals surface area contributed by atoms with Gasteiger partial charge in [-0.3, -0.25) is 14.6 Å². The summed E-state index contributed by atoms with van der Waals surface area (Å²) >= 11 is 0. The van der Waals surface area contributed by atoms with Gasteiger partial charge in [-0.25, -0.2) is 0 Å². The summed E-state index contributed by atoms with van der Waals surface area (Å²) < 4.78 is 5.20. The summed E-state index contributed by atoms with van der Waals surface area (Å²) in [5.74, 6) is -0.607. The molecule has 6 nitrogen and oxygen atoms in total. The molecule has 2 N–H and O–H groups in total. The summed E-state index contributed by atoms with van der Waals surface area (Å²) in [5.41, 5.74) is 0.473. The molecule has 1 amide bonds. The normalized spacial score (nSPS) is 12.9. The Labute approximate surface area is 146 Å². The van der Waals surface area contributed by atoms with Crippen LogP contribution in [0.5, 0.6) is 5.75 Å². The predicted octanol–water partition coefficient (Wildman–Crippen LogP) is 2.53. The van der Waals surface area contributed by atoms with E-state index in [2.05, 4.69) is 10.3 Å². The van der Waals surface area contributed by atoms with Crippen molar-refractivity contribution < 1.29 is 19.4 Å². The smallest absolute Gasteiger partial charge is 0.306 e. The van der Waals surface area contributed by atoms with Crippen molar-refractivity contribution in [1.82, 2.24) is 10.3 Å². The van der Waals surface area contributed by atoms with Gasteiger partial charge in [-0.05, 0) is 43.2 Å². The number of rotatable bonds is 8. The number of carbonyl (C=O) groups is 2. The van der Waals surface area contributed by atoms with Gasteiger partial charge in [-0.2, -0.15) is 0 Å². The number of benzene rings is 1. The van der Waals surface area contributed by atoms with Crippen molar-refractivity contribution in [3.63, 3.8) is 0 Å². The molecule has 0 aliphatic heterocycles. The zero-order valence-electron chi connectivity index (χ0n) is 14.4. The Balaban J connectivity index is 2.13. The molecular formula is C19H22N2O4. The number of carboxylic acid groups (broad SMARTS) is 1. The molecule has 6 heteroatoms. The second-order valence-electron chi connectivity index (χ2n) is 6.00. The van der Waals surface area contributed by atoms with Crippen LogP contribution in [0.2, 0.25) is 0 Å². The van der Waals surface area contributed by atoms with Gasteiger partial charge in [0, 0.05) is 18.3 Å². The fourth-order valence-corrected chi connectivity index (χ4v) is 2.64. The highest BCUT2D eigenvalue weighted by atomic mass is 16.5. The fraction of sp³-hybridized carbons (Fsp3) is 0.316. The lowest BCUT2D eigenvalue weighted by atomic mass is 9.88. The molecule has 0 aliphatic rings. The highest BCUT2D eigenvalue weighted by Crippen LogP contribution is 2.28. The Kier molecular flexibility index (Phi) is 6.11. The number of nitrogens with zero attached hydrogens (tertiary/aromatic N) is 1. The quantitative estimate of drug-likeness (QED) is 0.769. The lowest BCUT2D eigenvalue weighted by molar-refractivity contribution is -0.139. The van der Waals surface area contributed by atoms with Crippen LogP contribution in [0.15, 0.2) is 48.7 Å². The summed E-state index contributed by atoms with van der Waals surface area (Å²) in [7, 11) is 1.54. The number of pyridine rings is 1. The van der Waals surface area contributed by atoms with Crippen molar-refractivity contribution in [2.24, 2.45) is 0 Å². The summed E-state index contributed by atoms with van der Waals surface area (Å²) in [6.07, 6.45) is 2.18. The first kappa shape index (κ1) is 18.4. The van der Waals surface area contributed by atoms with Gasteiger partial charge in [0.25, 0.3) is 0 Å². The molecule has 0 saturated heterocycles. The third-order valence-electron chi connectivity index (χ3n) is 3.96. The van der Waals surface area contributed by atoms with E-state index in [9.17, 15) is 14.7 Å². The van der Waals surface area contributed by atoms with Gasteiger partial charge in [0.1, 0.15) is 5.75 Å². The minimum absolute atomic E-state index is 0.225. The first-order valence-corrected chi connectivity index (χ1v) is 8.00. The van der Waals surface area contributed by atoms with Crippen molar-refractivity contribution in [3.05, 3.63) is 59.9 Å². The van der Waals surface area contributed by atoms with Crippen molar-refractivity contribution in [2.75, 3.05) is 7.11 Å². The van der Waals surface area contributed by atoms with Gasteiger partial charge in [-0.1, -0.05) is 18.2 Å². The van der Waals surface area contributed by atoms with E-state index in [1.54, 1.807) is 44.5 Å². The lowest BCUT2D eigenvalue weighted by Crippen LogP contribution is -2.45. The standard InChI is InChI=1S/C19H22N2O4/c1-19(13-18(23)24,14-6-5-8-16(12-14)25-2)21-17(22)10-9-15-7-3-4-11-20-15/h3-8,11-12H,9-10,13H2,1-2H3,(H,21,22)(H,23,24). The number of hydrogen-bond donors (Lipinski definition) is 2. The third-order valence-corrected chi connectivity index (χ3v) is 3.96. The number of methoxy groups -OCH3 is 1. The molecule has 0 aliphatic carbocycles. The van der Waals surface area contributed by atoms with Crippen LogP contribution in [0, 0.1) is 0 Å². The number of ether oxygens (including phenoxy) is 1. The van der Waals surface area contributed by atoms with Gasteiger partial charge in [-0.15, -0.1) is 0 Å². The minimum atomic E-state index is -1.03. The van der Waals surface area contributed by atoms with E-state index in [1.165, 1.54) is 0 Å². The molecule has 0 fully saturated rings. The van der Waals surface area contributed by atoms with E-state index in [0.717, 1.165) is 5.69 Å². The minimum Gasteiger partial charge on any atom is -0.497 e. The van der Waals surface area contributed by atoms with Gasteiger partial charge in [0.15, 0.2) is 0 Å². The molecule has 1 atom stereocenters. The number of aromatic nitrogens is 1. The van der Waals surface area contributed by atoms with E-state index in [-0.39, 0.29) is 18.7 Å². The van der Waals surface area contributed by atoms with E-state index >= 15 is 0 Å². The predicted molar refractivity (Wildman–Crippen MR) is 93.3 cm³/mol. The average Bonchev–Trinajstić information content (AvgIpc) is 2.60. The van der Waals surface area contributed by atoms with Crippen LogP contribution >= 0.6 is 0 Å². The number of aliphatic carboxylic acids is 1. The van der Waals surface area contributed by atoms with Gasteiger partial charge < -0.3 is 15.2 Å². The summed E-state index contributed by atoms with van der Waals surface area (Å²) in [4.78, 5) is 27.9. The number of carboxylic acids is 1. The summed E-state index contributed by atoms with van der Waals surface area (Å²) in [6, 6.07) is 12.6. The second kappa shape index (κ2) is 8.28. The first-order chi connectivity index (χ1) is 11.9. The first-order valence-electron chi connectivity index (χ1n) is 8.00. The van der Waals surface area contributed by atoms with Crippen LogP contribution in [0.4, 0.5) is 0 Å². The summed E-state index contributed by atoms with van der Waals surface area (Å²) in [5, 5.41) is 12.1. The van der Waals surface area contributed by atoms with E-state index in [1.807, 2.05) is 18.2 Å². The van der Waals surface area contributed by atoms with Crippen LogP contribution in [0.1, 0.15) is 31.0 Å². The highest BCUT2D eigenvalue weighted by Gasteiger charge is 2.31. The molecule has 2 aromatic rings. The largest absolute Gasteiger partial charge is 0.497 e. The van der Waals surface area contributed by atoms with Crippen LogP contribution in [0.25, 0.3) is 0 Å². The second-order valence-corrected chi connectivity index (χ2v) is 6.00. The van der Waals surface area contributed by atoms with Gasteiger partial charge in [0.05, 0.1) is 19.1 Å². The average molecular weight is 342 g/mol. The SMILES string of the molecule is COc1cccc(C(C)(CC(=O)O)NC(=O)CCc2ccccn2)c1. The number of aryl methyl sites for hydroxylation is 1. The Hall–Kier alpha value is -2.89. The number of amides is 1. The van der Waals surface area contributed by atoms with Crippen molar-refractivity contribution >= 4 is 11.9 Å². The number of hydrogen-bond acceptors (Lipinski definition) is 4. The maximum Gasteiger partial charge on any atom is 0.306 e. The highest BCUT2D eigenvalue weighted by molar-refractivity contribution is 5.79. The molecule has 1 heterocycles. The Morgan fingerprint density at radius 3 is 2.68 bits per heavy atom. The molecule has 0 spiro atoms. The van der Waals surface area contributed by atoms with Crippen molar-refractivity contribution in [1.29, 1.82) is 0 Å². The monoisotopic (exact) mass is 342 g/mol. The van der Waals surface area contributed by atoms with Crippen molar-refractivity contribution in [3.8, 4) is 5.75 Å². The molecule has 1 aromatic carbocycles. The molecule has 2 rings (SSSR count). The maximum atomic E-state index is 12.4. The van der Waals surface area contributed by atoms with E-state index in [4.69, 9.17) is 4.74 Å². The van der Waals surface area contributed by atoms with Crippen LogP contribution in [-0.4, -0.2) is 29.1 Å². The lowest BCUT2D eigenvalue weighted by Gasteiger charge is -2.30. The zero-order chi connectivity index (χ0) is 18.3. The third kappa shape index (κ3) is 5.31. The van der Waals surface area contributed by atoms with E-state index in [0.29, 0.717) is 17.7 Å². The Bertz CT molecular complexity index is 733. The van der Waals surface area contributed by atoms with Crippen LogP contribution in [0.3, 0.4) is 0 Å². The Morgan fingerprint density at radius 1 is 1.24 bits per heavy atom. The van der Waals surface area contributed by atoms with E-state index < -0.39 is 11.5 Å². The molecular weight excluding hydrogens is 320 g/mol. The number of nitrogens with one attached hydrogen (secondary N) is 1. The summed E-state index contributed by atoms with van der Waals surface area (Å²) in [6.45, 7) is 1.70. The topological polar surface area (TPSA) is 88.5 Å². The molecule has 1 aromatic heterocycles. The van der Waals surface area contributed by atoms with Crippen LogP contribution < -0.4 is 10.1 Å². The molecule has 25 heavy (non-hydrogen) atoms. The molecule has 132 valence electrons. The maximum absolute atomic E-state index is 12.4. The molecule has 0 saturated carbocycles. The molecule has 0 radical (unpaired) electrons. The Morgan fingerprint density at radius 2 is 2.04 bits per heavy atom. The van der Waals surface area contributed by atoms with Crippen molar-refractivity contribution in [2.45, 2.75) is 31.7 Å². The molecule has 1 unspecified atom stereocenters.